The summed E-state index contributed by atoms with van der Waals surface area (Å²) < 4.78 is 13.0. The van der Waals surface area contributed by atoms with Crippen LogP contribution < -0.4 is 20.1 Å². The van der Waals surface area contributed by atoms with Crippen molar-refractivity contribution in [2.24, 2.45) is 0 Å². The number of tetrazole rings is 1. The van der Waals surface area contributed by atoms with Gasteiger partial charge in [-0.3, -0.25) is 4.79 Å². The predicted molar refractivity (Wildman–Crippen MR) is 126 cm³/mol. The zero-order valence-corrected chi connectivity index (χ0v) is 19.6. The number of benzene rings is 2. The van der Waals surface area contributed by atoms with Gasteiger partial charge < -0.3 is 20.1 Å². The van der Waals surface area contributed by atoms with Gasteiger partial charge in [-0.1, -0.05) is 23.3 Å². The molecule has 9 heteroatoms. The number of aromatic nitrogens is 4. The van der Waals surface area contributed by atoms with Crippen LogP contribution in [-0.2, 0) is 4.79 Å². The van der Waals surface area contributed by atoms with Crippen LogP contribution in [0.25, 0.3) is 0 Å². The molecule has 1 atom stereocenters. The first-order chi connectivity index (χ1) is 15.8. The van der Waals surface area contributed by atoms with Crippen molar-refractivity contribution in [3.63, 3.8) is 0 Å². The first-order valence-electron chi connectivity index (χ1n) is 10.8. The first-order valence-corrected chi connectivity index (χ1v) is 10.8. The lowest BCUT2D eigenvalue weighted by atomic mass is 9.94. The van der Waals surface area contributed by atoms with E-state index in [2.05, 4.69) is 26.2 Å². The van der Waals surface area contributed by atoms with Crippen LogP contribution in [0, 0.1) is 13.8 Å². The molecule has 9 nitrogen and oxygen atoms in total. The number of fused-ring (bicyclic) bond motifs is 1. The Morgan fingerprint density at radius 3 is 2.67 bits per heavy atom. The summed E-state index contributed by atoms with van der Waals surface area (Å²) in [5, 5.41) is 18.2. The van der Waals surface area contributed by atoms with Crippen LogP contribution in [0.1, 0.15) is 43.5 Å². The highest BCUT2D eigenvalue weighted by Gasteiger charge is 2.34. The van der Waals surface area contributed by atoms with Gasteiger partial charge in [0, 0.05) is 11.4 Å². The summed E-state index contributed by atoms with van der Waals surface area (Å²) in [5.74, 6) is 1.43. The van der Waals surface area contributed by atoms with E-state index in [0.717, 1.165) is 22.4 Å². The van der Waals surface area contributed by atoms with E-state index in [-0.39, 0.29) is 12.0 Å². The molecular formula is C24H28N6O3. The summed E-state index contributed by atoms with van der Waals surface area (Å²) in [6, 6.07) is 10.9. The number of rotatable bonds is 6. The molecule has 0 bridgehead atoms. The lowest BCUT2D eigenvalue weighted by Gasteiger charge is -2.28. The van der Waals surface area contributed by atoms with Crippen molar-refractivity contribution in [2.45, 2.75) is 46.8 Å². The van der Waals surface area contributed by atoms with Crippen LogP contribution in [0.5, 0.6) is 11.5 Å². The highest BCUT2D eigenvalue weighted by Crippen LogP contribution is 2.39. The number of hydrogen-bond acceptors (Lipinski definition) is 7. The predicted octanol–water partition coefficient (Wildman–Crippen LogP) is 4.01. The van der Waals surface area contributed by atoms with E-state index >= 15 is 0 Å². The average Bonchev–Trinajstić information content (AvgIpc) is 3.24. The van der Waals surface area contributed by atoms with Gasteiger partial charge in [0.1, 0.15) is 6.04 Å². The van der Waals surface area contributed by atoms with E-state index in [4.69, 9.17) is 9.47 Å². The molecule has 0 saturated heterocycles. The van der Waals surface area contributed by atoms with Crippen molar-refractivity contribution >= 4 is 17.5 Å². The van der Waals surface area contributed by atoms with Gasteiger partial charge in [-0.2, -0.15) is 4.68 Å². The van der Waals surface area contributed by atoms with E-state index in [9.17, 15) is 4.79 Å². The Balaban J connectivity index is 1.78. The second-order valence-corrected chi connectivity index (χ2v) is 8.29. The maximum absolute atomic E-state index is 13.6. The third-order valence-electron chi connectivity index (χ3n) is 5.68. The van der Waals surface area contributed by atoms with Gasteiger partial charge in [0.25, 0.3) is 5.91 Å². The van der Waals surface area contributed by atoms with Crippen LogP contribution >= 0.6 is 0 Å². The fourth-order valence-electron chi connectivity index (χ4n) is 3.90. The summed E-state index contributed by atoms with van der Waals surface area (Å²) in [6.07, 6.45) is -0.00389. The monoisotopic (exact) mass is 448 g/mol. The molecule has 0 spiro atoms. The first kappa shape index (κ1) is 22.3. The largest absolute Gasteiger partial charge is 0.493 e. The van der Waals surface area contributed by atoms with Crippen LogP contribution in [0.15, 0.2) is 47.7 Å². The van der Waals surface area contributed by atoms with E-state index in [0.29, 0.717) is 28.7 Å². The van der Waals surface area contributed by atoms with E-state index < -0.39 is 6.04 Å². The number of carbonyl (C=O) groups excluding carboxylic acids is 1. The molecule has 3 aromatic rings. The highest BCUT2D eigenvalue weighted by molar-refractivity contribution is 6.06. The van der Waals surface area contributed by atoms with Gasteiger partial charge in [-0.25, -0.2) is 0 Å². The van der Waals surface area contributed by atoms with Crippen LogP contribution in [0.4, 0.5) is 11.6 Å². The highest BCUT2D eigenvalue weighted by atomic mass is 16.5. The zero-order chi connectivity index (χ0) is 23.7. The standard InChI is InChI=1S/C24H28N6O3/c1-13(2)33-19-11-10-17(12-20(19)32-6)22-21(16(5)25-24-27-28-29-30(22)24)23(31)26-18-9-7-8-14(3)15(18)4/h7-13,22H,1-6H3,(H,26,31)(H,25,27,29). The molecule has 172 valence electrons. The Bertz CT molecular complexity index is 1230. The number of carbonyl (C=O) groups is 1. The molecule has 0 aliphatic carbocycles. The number of nitrogens with zero attached hydrogens (tertiary/aromatic N) is 4. The molecule has 1 amide bonds. The summed E-state index contributed by atoms with van der Waals surface area (Å²) >= 11 is 0. The molecule has 2 heterocycles. The number of methoxy groups -OCH3 is 1. The summed E-state index contributed by atoms with van der Waals surface area (Å²) in [6.45, 7) is 9.75. The molecule has 33 heavy (non-hydrogen) atoms. The quantitative estimate of drug-likeness (QED) is 0.587. The van der Waals surface area contributed by atoms with E-state index in [1.165, 1.54) is 0 Å². The molecule has 0 radical (unpaired) electrons. The van der Waals surface area contributed by atoms with E-state index in [1.54, 1.807) is 11.8 Å². The molecule has 1 aromatic heterocycles. The fourth-order valence-corrected chi connectivity index (χ4v) is 3.90. The van der Waals surface area contributed by atoms with Crippen LogP contribution in [-0.4, -0.2) is 39.3 Å². The molecule has 4 rings (SSSR count). The zero-order valence-electron chi connectivity index (χ0n) is 19.6. The Morgan fingerprint density at radius 1 is 1.15 bits per heavy atom. The molecule has 0 saturated carbocycles. The lowest BCUT2D eigenvalue weighted by molar-refractivity contribution is -0.113. The number of hydrogen-bond donors (Lipinski definition) is 2. The van der Waals surface area contributed by atoms with Crippen LogP contribution in [0.2, 0.25) is 0 Å². The smallest absolute Gasteiger partial charge is 0.255 e. The van der Waals surface area contributed by atoms with Crippen molar-refractivity contribution in [3.05, 3.63) is 64.4 Å². The van der Waals surface area contributed by atoms with Gasteiger partial charge in [0.2, 0.25) is 5.95 Å². The van der Waals surface area contributed by atoms with Gasteiger partial charge in [0.05, 0.1) is 18.8 Å². The second kappa shape index (κ2) is 8.93. The number of amides is 1. The Kier molecular flexibility index (Phi) is 6.04. The lowest BCUT2D eigenvalue weighted by Crippen LogP contribution is -2.31. The summed E-state index contributed by atoms with van der Waals surface area (Å²) in [5.41, 5.74) is 4.86. The van der Waals surface area contributed by atoms with Gasteiger partial charge in [-0.05, 0) is 79.9 Å². The average molecular weight is 449 g/mol. The van der Waals surface area contributed by atoms with Crippen molar-refractivity contribution in [2.75, 3.05) is 17.7 Å². The molecule has 1 aliphatic heterocycles. The minimum absolute atomic E-state index is 0.00389. The summed E-state index contributed by atoms with van der Waals surface area (Å²) in [7, 11) is 1.59. The fraction of sp³-hybridized carbons (Fsp3) is 0.333. The SMILES string of the molecule is COc1cc(C2C(C(=O)Nc3cccc(C)c3C)=C(C)Nc3nnnn32)ccc1OC(C)C. The van der Waals surface area contributed by atoms with Crippen molar-refractivity contribution in [3.8, 4) is 11.5 Å². The third kappa shape index (κ3) is 4.26. The van der Waals surface area contributed by atoms with Crippen molar-refractivity contribution < 1.29 is 14.3 Å². The molecule has 2 aromatic carbocycles. The second-order valence-electron chi connectivity index (χ2n) is 8.29. The van der Waals surface area contributed by atoms with Gasteiger partial charge >= 0.3 is 0 Å². The molecule has 2 N–H and O–H groups in total. The molecular weight excluding hydrogens is 420 g/mol. The van der Waals surface area contributed by atoms with Crippen LogP contribution in [0.3, 0.4) is 0 Å². The molecule has 1 unspecified atom stereocenters. The molecule has 1 aliphatic rings. The minimum Gasteiger partial charge on any atom is -0.493 e. The number of aryl methyl sites for hydroxylation is 1. The topological polar surface area (TPSA) is 103 Å². The Labute approximate surface area is 192 Å². The maximum Gasteiger partial charge on any atom is 0.255 e. The van der Waals surface area contributed by atoms with Crippen molar-refractivity contribution in [1.29, 1.82) is 0 Å². The Hall–Kier alpha value is -3.88. The normalized spacial score (nSPS) is 15.2. The number of anilines is 2. The minimum atomic E-state index is -0.552. The van der Waals surface area contributed by atoms with Gasteiger partial charge in [0.15, 0.2) is 11.5 Å². The number of nitrogens with one attached hydrogen (secondary N) is 2. The number of allylic oxidation sites excluding steroid dienone is 1. The van der Waals surface area contributed by atoms with Gasteiger partial charge in [-0.15, -0.1) is 0 Å². The third-order valence-corrected chi connectivity index (χ3v) is 5.68. The Morgan fingerprint density at radius 2 is 1.94 bits per heavy atom. The van der Waals surface area contributed by atoms with Crippen molar-refractivity contribution in [1.82, 2.24) is 20.2 Å². The number of ether oxygens (including phenoxy) is 2. The maximum atomic E-state index is 13.6. The molecule has 0 fully saturated rings. The summed E-state index contributed by atoms with van der Waals surface area (Å²) in [4.78, 5) is 13.6. The van der Waals surface area contributed by atoms with E-state index in [1.807, 2.05) is 71.0 Å².